The average molecular weight is 339 g/mol. The number of carbonyl (C=O) groups is 2. The monoisotopic (exact) mass is 339 g/mol. The highest BCUT2D eigenvalue weighted by Crippen LogP contribution is 2.46. The van der Waals surface area contributed by atoms with E-state index in [4.69, 9.17) is 5.11 Å². The number of carboxylic acid groups (broad SMARTS) is 1. The molecule has 1 aliphatic carbocycles. The first-order valence-corrected chi connectivity index (χ1v) is 8.42. The fourth-order valence-corrected chi connectivity index (χ4v) is 3.92. The molecule has 0 aromatic heterocycles. The maximum Gasteiger partial charge on any atom is 0.315 e. The molecule has 0 heterocycles. The Morgan fingerprint density at radius 3 is 2.54 bits per heavy atom. The molecule has 1 saturated carbocycles. The van der Waals surface area contributed by atoms with Crippen molar-refractivity contribution in [3.05, 3.63) is 0 Å². The van der Waals surface area contributed by atoms with E-state index in [1.54, 1.807) is 6.08 Å². The molecule has 0 spiro atoms. The van der Waals surface area contributed by atoms with Crippen molar-refractivity contribution < 1.29 is 19.5 Å². The molecule has 0 bridgehead atoms. The molecular weight excluding hydrogens is 310 g/mol. The van der Waals surface area contributed by atoms with E-state index >= 15 is 0 Å². The van der Waals surface area contributed by atoms with Crippen LogP contribution in [-0.2, 0) is 9.59 Å². The number of nitrogens with zero attached hydrogens (tertiary/aromatic N) is 1. The fourth-order valence-electron chi connectivity index (χ4n) is 3.92. The van der Waals surface area contributed by atoms with Crippen LogP contribution in [0, 0.1) is 10.8 Å². The van der Waals surface area contributed by atoms with Gasteiger partial charge in [-0.15, -0.1) is 0 Å². The van der Waals surface area contributed by atoms with E-state index < -0.39 is 5.97 Å². The zero-order valence-electron chi connectivity index (χ0n) is 15.0. The number of hydrogen-bond acceptors (Lipinski definition) is 4. The number of rotatable bonds is 7. The minimum absolute atomic E-state index is 0.0332. The van der Waals surface area contributed by atoms with Gasteiger partial charge in [0.15, 0.2) is 0 Å². The zero-order valence-corrected chi connectivity index (χ0v) is 15.0. The highest BCUT2D eigenvalue weighted by atomic mass is 16.4. The van der Waals surface area contributed by atoms with Gasteiger partial charge in [-0.25, -0.2) is 14.6 Å². The van der Waals surface area contributed by atoms with Crippen LogP contribution in [0.2, 0.25) is 0 Å². The van der Waals surface area contributed by atoms with E-state index in [0.717, 1.165) is 19.3 Å². The Balaban J connectivity index is 2.61. The quantitative estimate of drug-likeness (QED) is 0.489. The minimum atomic E-state index is -0.933. The normalized spacial score (nSPS) is 26.8. The Labute approximate surface area is 143 Å². The van der Waals surface area contributed by atoms with Gasteiger partial charge in [0.25, 0.3) is 0 Å². The Hall–Kier alpha value is -1.88. The second kappa shape index (κ2) is 8.29. The first-order valence-electron chi connectivity index (χ1n) is 8.42. The second-order valence-corrected chi connectivity index (χ2v) is 7.96. The van der Waals surface area contributed by atoms with Crippen LogP contribution in [-0.4, -0.2) is 41.8 Å². The molecule has 7 nitrogen and oxygen atoms in total. The number of aliphatic carboxylic acids is 1. The predicted octanol–water partition coefficient (Wildman–Crippen LogP) is 2.46. The predicted molar refractivity (Wildman–Crippen MR) is 90.5 cm³/mol. The molecule has 7 heteroatoms. The van der Waals surface area contributed by atoms with Crippen molar-refractivity contribution in [3.8, 4) is 0 Å². The molecule has 3 N–H and O–H groups in total. The van der Waals surface area contributed by atoms with Crippen LogP contribution in [0.4, 0.5) is 4.79 Å². The van der Waals surface area contributed by atoms with Crippen LogP contribution in [0.25, 0.3) is 0 Å². The first kappa shape index (κ1) is 20.2. The maximum atomic E-state index is 12.0. The Kier molecular flexibility index (Phi) is 6.96. The smallest absolute Gasteiger partial charge is 0.315 e. The summed E-state index contributed by atoms with van der Waals surface area (Å²) in [5, 5.41) is 14.4. The highest BCUT2D eigenvalue weighted by Gasteiger charge is 2.41. The third kappa shape index (κ3) is 6.71. The van der Waals surface area contributed by atoms with Gasteiger partial charge in [0.2, 0.25) is 6.08 Å². The molecule has 3 unspecified atom stereocenters. The van der Waals surface area contributed by atoms with Crippen LogP contribution in [0.1, 0.15) is 59.8 Å². The summed E-state index contributed by atoms with van der Waals surface area (Å²) in [6.45, 7) is 8.64. The highest BCUT2D eigenvalue weighted by molar-refractivity contribution is 5.75. The van der Waals surface area contributed by atoms with Gasteiger partial charge < -0.3 is 15.7 Å². The number of isocyanates is 1. The van der Waals surface area contributed by atoms with Crippen LogP contribution in [0.5, 0.6) is 0 Å². The summed E-state index contributed by atoms with van der Waals surface area (Å²) in [4.78, 5) is 37.3. The van der Waals surface area contributed by atoms with Gasteiger partial charge in [-0.05, 0) is 36.5 Å². The lowest BCUT2D eigenvalue weighted by atomic mass is 9.63. The van der Waals surface area contributed by atoms with Crippen LogP contribution in [0.3, 0.4) is 0 Å². The van der Waals surface area contributed by atoms with Crippen molar-refractivity contribution in [3.63, 3.8) is 0 Å². The summed E-state index contributed by atoms with van der Waals surface area (Å²) in [6, 6.07) is -0.815. The standard InChI is InChI=1S/C17H29N3O4/c1-5-12(6-14(22)23)20-15(24)18-10-17(4)8-13(19-11-21)7-16(2,3)9-17/h12-13H,5-10H2,1-4H3,(H,22,23)(H2,18,20,24). The number of aliphatic imine (C=N–C) groups is 1. The zero-order chi connectivity index (χ0) is 18.4. The number of carbonyl (C=O) groups excluding carboxylic acids is 2. The van der Waals surface area contributed by atoms with Crippen molar-refractivity contribution in [2.75, 3.05) is 6.54 Å². The third-order valence-corrected chi connectivity index (χ3v) is 4.58. The van der Waals surface area contributed by atoms with E-state index in [1.807, 2.05) is 6.92 Å². The van der Waals surface area contributed by atoms with Crippen molar-refractivity contribution in [1.29, 1.82) is 0 Å². The number of amides is 2. The molecule has 0 aromatic rings. The lowest BCUT2D eigenvalue weighted by molar-refractivity contribution is -0.137. The van der Waals surface area contributed by atoms with Crippen molar-refractivity contribution in [2.24, 2.45) is 15.8 Å². The molecule has 2 amide bonds. The van der Waals surface area contributed by atoms with E-state index in [0.29, 0.717) is 13.0 Å². The number of carboxylic acids is 1. The molecule has 24 heavy (non-hydrogen) atoms. The van der Waals surface area contributed by atoms with E-state index in [1.165, 1.54) is 0 Å². The Morgan fingerprint density at radius 2 is 2.00 bits per heavy atom. The van der Waals surface area contributed by atoms with Gasteiger partial charge in [0, 0.05) is 12.6 Å². The Morgan fingerprint density at radius 1 is 1.33 bits per heavy atom. The summed E-state index contributed by atoms with van der Waals surface area (Å²) >= 11 is 0. The van der Waals surface area contributed by atoms with Gasteiger partial charge in [0.05, 0.1) is 12.5 Å². The third-order valence-electron chi connectivity index (χ3n) is 4.58. The average Bonchev–Trinajstić information content (AvgIpc) is 2.42. The first-order chi connectivity index (χ1) is 11.1. The SMILES string of the molecule is CCC(CC(=O)O)NC(=O)NCC1(C)CC(N=C=O)CC(C)(C)C1. The van der Waals surface area contributed by atoms with Crippen LogP contribution >= 0.6 is 0 Å². The molecule has 0 radical (unpaired) electrons. The maximum absolute atomic E-state index is 12.0. The van der Waals surface area contributed by atoms with Gasteiger partial charge >= 0.3 is 12.0 Å². The number of hydrogen-bond donors (Lipinski definition) is 3. The molecular formula is C17H29N3O4. The molecule has 1 rings (SSSR count). The van der Waals surface area contributed by atoms with Gasteiger partial charge in [-0.2, -0.15) is 0 Å². The molecule has 0 aromatic carbocycles. The largest absolute Gasteiger partial charge is 0.481 e. The summed E-state index contributed by atoms with van der Waals surface area (Å²) in [6.07, 6.45) is 4.58. The fraction of sp³-hybridized carbons (Fsp3) is 0.824. The number of nitrogens with one attached hydrogen (secondary N) is 2. The van der Waals surface area contributed by atoms with Crippen molar-refractivity contribution >= 4 is 18.1 Å². The molecule has 3 atom stereocenters. The van der Waals surface area contributed by atoms with Gasteiger partial charge in [-0.1, -0.05) is 27.7 Å². The summed E-state index contributed by atoms with van der Waals surface area (Å²) in [7, 11) is 0. The summed E-state index contributed by atoms with van der Waals surface area (Å²) < 4.78 is 0. The summed E-state index contributed by atoms with van der Waals surface area (Å²) in [5.74, 6) is -0.933. The lowest BCUT2D eigenvalue weighted by Gasteiger charge is -2.45. The number of urea groups is 1. The second-order valence-electron chi connectivity index (χ2n) is 7.96. The van der Waals surface area contributed by atoms with Crippen molar-refractivity contribution in [2.45, 2.75) is 71.9 Å². The lowest BCUT2D eigenvalue weighted by Crippen LogP contribution is -2.49. The van der Waals surface area contributed by atoms with E-state index in [2.05, 4.69) is 36.4 Å². The van der Waals surface area contributed by atoms with Crippen molar-refractivity contribution in [1.82, 2.24) is 10.6 Å². The topological polar surface area (TPSA) is 108 Å². The van der Waals surface area contributed by atoms with Gasteiger partial charge in [0.1, 0.15) is 0 Å². The van der Waals surface area contributed by atoms with E-state index in [-0.39, 0.29) is 35.4 Å². The Bertz CT molecular complexity index is 514. The summed E-state index contributed by atoms with van der Waals surface area (Å²) in [5.41, 5.74) is -0.135. The molecule has 1 fully saturated rings. The van der Waals surface area contributed by atoms with E-state index in [9.17, 15) is 14.4 Å². The minimum Gasteiger partial charge on any atom is -0.481 e. The van der Waals surface area contributed by atoms with Crippen LogP contribution in [0.15, 0.2) is 4.99 Å². The van der Waals surface area contributed by atoms with Gasteiger partial charge in [-0.3, -0.25) is 4.79 Å². The molecule has 0 aliphatic heterocycles. The molecule has 1 aliphatic rings. The van der Waals surface area contributed by atoms with Crippen LogP contribution < -0.4 is 10.6 Å². The molecule has 136 valence electrons. The molecule has 0 saturated heterocycles.